The number of anilines is 3. The van der Waals surface area contributed by atoms with Gasteiger partial charge in [-0.25, -0.2) is 0 Å². The molecule has 1 N–H and O–H groups in total. The number of carbonyl (C=O) groups is 1. The summed E-state index contributed by atoms with van der Waals surface area (Å²) in [5, 5.41) is 11.1. The Morgan fingerprint density at radius 3 is 2.29 bits per heavy atom. The predicted octanol–water partition coefficient (Wildman–Crippen LogP) is 2.79. The molecule has 24 heavy (non-hydrogen) atoms. The van der Waals surface area contributed by atoms with Gasteiger partial charge in [0.1, 0.15) is 0 Å². The Morgan fingerprint density at radius 2 is 1.71 bits per heavy atom. The molecule has 0 spiro atoms. The van der Waals surface area contributed by atoms with Crippen molar-refractivity contribution in [1.82, 2.24) is 10.2 Å². The van der Waals surface area contributed by atoms with E-state index < -0.39 is 0 Å². The van der Waals surface area contributed by atoms with Crippen LogP contribution in [0.25, 0.3) is 0 Å². The first-order chi connectivity index (χ1) is 11.6. The molecule has 0 atom stereocenters. The van der Waals surface area contributed by atoms with E-state index >= 15 is 0 Å². The zero-order chi connectivity index (χ0) is 16.9. The summed E-state index contributed by atoms with van der Waals surface area (Å²) in [5.41, 5.74) is 2.15. The maximum atomic E-state index is 12.3. The molecule has 0 aliphatic carbocycles. The standard InChI is InChI=1S/C18H23N5O/c1-22(2)15-8-6-14(7-9-15)19-18(24)16-10-11-17(21-20-16)23-12-4-3-5-13-23/h6-11H,3-5,12-13H2,1-2H3,(H,19,24). The van der Waals surface area contributed by atoms with Crippen molar-refractivity contribution in [3.63, 3.8) is 0 Å². The number of nitrogens with one attached hydrogen (secondary N) is 1. The van der Waals surface area contributed by atoms with Gasteiger partial charge in [-0.2, -0.15) is 0 Å². The number of hydrogen-bond donors (Lipinski definition) is 1. The Bertz CT molecular complexity index is 676. The molecule has 0 saturated carbocycles. The van der Waals surface area contributed by atoms with Crippen LogP contribution in [0.5, 0.6) is 0 Å². The fourth-order valence-corrected chi connectivity index (χ4v) is 2.78. The average Bonchev–Trinajstić information content (AvgIpc) is 2.63. The summed E-state index contributed by atoms with van der Waals surface area (Å²) in [7, 11) is 3.96. The van der Waals surface area contributed by atoms with Gasteiger partial charge in [0.25, 0.3) is 5.91 Å². The van der Waals surface area contributed by atoms with Gasteiger partial charge in [-0.15, -0.1) is 10.2 Å². The van der Waals surface area contributed by atoms with Gasteiger partial charge in [-0.1, -0.05) is 0 Å². The molecule has 2 heterocycles. The molecule has 0 radical (unpaired) electrons. The fraction of sp³-hybridized carbons (Fsp3) is 0.389. The number of nitrogens with zero attached hydrogens (tertiary/aromatic N) is 4. The van der Waals surface area contributed by atoms with E-state index in [9.17, 15) is 4.79 Å². The van der Waals surface area contributed by atoms with Crippen molar-refractivity contribution in [3.8, 4) is 0 Å². The van der Waals surface area contributed by atoms with E-state index in [-0.39, 0.29) is 5.91 Å². The van der Waals surface area contributed by atoms with Crippen LogP contribution < -0.4 is 15.1 Å². The number of piperidine rings is 1. The van der Waals surface area contributed by atoms with Crippen LogP contribution in [0.3, 0.4) is 0 Å². The van der Waals surface area contributed by atoms with Gasteiger partial charge in [0, 0.05) is 38.6 Å². The Labute approximate surface area is 142 Å². The third-order valence-electron chi connectivity index (χ3n) is 4.20. The highest BCUT2D eigenvalue weighted by Gasteiger charge is 2.14. The molecule has 2 aromatic rings. The normalized spacial score (nSPS) is 14.3. The first-order valence-corrected chi connectivity index (χ1v) is 8.31. The second-order valence-electron chi connectivity index (χ2n) is 6.22. The van der Waals surface area contributed by atoms with Crippen LogP contribution in [0.4, 0.5) is 17.2 Å². The molecule has 1 fully saturated rings. The number of carbonyl (C=O) groups excluding carboxylic acids is 1. The Kier molecular flexibility index (Phi) is 4.93. The van der Waals surface area contributed by atoms with E-state index in [1.54, 1.807) is 6.07 Å². The molecule has 6 nitrogen and oxygen atoms in total. The summed E-state index contributed by atoms with van der Waals surface area (Å²) < 4.78 is 0. The summed E-state index contributed by atoms with van der Waals surface area (Å²) in [6, 6.07) is 11.3. The van der Waals surface area contributed by atoms with Gasteiger partial charge >= 0.3 is 0 Å². The SMILES string of the molecule is CN(C)c1ccc(NC(=O)c2ccc(N3CCCCC3)nn2)cc1. The molecular weight excluding hydrogens is 302 g/mol. The van der Waals surface area contributed by atoms with Gasteiger partial charge in [0.15, 0.2) is 11.5 Å². The lowest BCUT2D eigenvalue weighted by Crippen LogP contribution is -2.30. The first-order valence-electron chi connectivity index (χ1n) is 8.31. The van der Waals surface area contributed by atoms with Gasteiger partial charge in [0.05, 0.1) is 0 Å². The largest absolute Gasteiger partial charge is 0.378 e. The Hall–Kier alpha value is -2.63. The lowest BCUT2D eigenvalue weighted by molar-refractivity contribution is 0.102. The molecule has 1 aromatic carbocycles. The molecule has 0 bridgehead atoms. The first kappa shape index (κ1) is 16.2. The van der Waals surface area contributed by atoms with Crippen molar-refractivity contribution in [2.24, 2.45) is 0 Å². The summed E-state index contributed by atoms with van der Waals surface area (Å²) in [6.07, 6.45) is 3.65. The second-order valence-corrected chi connectivity index (χ2v) is 6.22. The van der Waals surface area contributed by atoms with Gasteiger partial charge < -0.3 is 15.1 Å². The molecule has 1 aromatic heterocycles. The minimum atomic E-state index is -0.245. The van der Waals surface area contributed by atoms with Crippen LogP contribution in [0.2, 0.25) is 0 Å². The summed E-state index contributed by atoms with van der Waals surface area (Å²) >= 11 is 0. The molecule has 6 heteroatoms. The highest BCUT2D eigenvalue weighted by atomic mass is 16.1. The molecular formula is C18H23N5O. The number of amides is 1. The monoisotopic (exact) mass is 325 g/mol. The lowest BCUT2D eigenvalue weighted by atomic mass is 10.1. The zero-order valence-corrected chi connectivity index (χ0v) is 14.2. The third-order valence-corrected chi connectivity index (χ3v) is 4.20. The average molecular weight is 325 g/mol. The second kappa shape index (κ2) is 7.29. The van der Waals surface area contributed by atoms with Crippen molar-refractivity contribution in [2.45, 2.75) is 19.3 Å². The van der Waals surface area contributed by atoms with Gasteiger partial charge in [-0.05, 0) is 55.7 Å². The van der Waals surface area contributed by atoms with Crippen LogP contribution in [0.15, 0.2) is 36.4 Å². The van der Waals surface area contributed by atoms with E-state index in [1.165, 1.54) is 19.3 Å². The highest BCUT2D eigenvalue weighted by molar-refractivity contribution is 6.02. The number of rotatable bonds is 4. The van der Waals surface area contributed by atoms with Crippen molar-refractivity contribution in [2.75, 3.05) is 42.3 Å². The van der Waals surface area contributed by atoms with Crippen LogP contribution in [-0.4, -0.2) is 43.3 Å². The maximum absolute atomic E-state index is 12.3. The van der Waals surface area contributed by atoms with E-state index in [1.807, 2.05) is 49.3 Å². The molecule has 1 aliphatic rings. The zero-order valence-electron chi connectivity index (χ0n) is 14.2. The molecule has 1 aliphatic heterocycles. The van der Waals surface area contributed by atoms with E-state index in [0.717, 1.165) is 30.3 Å². The molecule has 0 unspecified atom stereocenters. The Balaban J connectivity index is 1.64. The van der Waals surface area contributed by atoms with Crippen molar-refractivity contribution in [1.29, 1.82) is 0 Å². The van der Waals surface area contributed by atoms with Gasteiger partial charge in [-0.3, -0.25) is 4.79 Å². The van der Waals surface area contributed by atoms with Crippen molar-refractivity contribution in [3.05, 3.63) is 42.1 Å². The molecule has 1 saturated heterocycles. The summed E-state index contributed by atoms with van der Waals surface area (Å²) in [4.78, 5) is 16.5. The third kappa shape index (κ3) is 3.82. The van der Waals surface area contributed by atoms with Crippen LogP contribution in [-0.2, 0) is 0 Å². The molecule has 1 amide bonds. The quantitative estimate of drug-likeness (QED) is 0.936. The van der Waals surface area contributed by atoms with Gasteiger partial charge in [0.2, 0.25) is 0 Å². The minimum absolute atomic E-state index is 0.245. The van der Waals surface area contributed by atoms with Crippen molar-refractivity contribution < 1.29 is 4.79 Å². The number of hydrogen-bond acceptors (Lipinski definition) is 5. The fourth-order valence-electron chi connectivity index (χ4n) is 2.78. The smallest absolute Gasteiger partial charge is 0.276 e. The Morgan fingerprint density at radius 1 is 1.00 bits per heavy atom. The van der Waals surface area contributed by atoms with Crippen molar-refractivity contribution >= 4 is 23.1 Å². The number of benzene rings is 1. The predicted molar refractivity (Wildman–Crippen MR) is 96.8 cm³/mol. The lowest BCUT2D eigenvalue weighted by Gasteiger charge is -2.27. The number of aromatic nitrogens is 2. The van der Waals surface area contributed by atoms with E-state index in [2.05, 4.69) is 20.4 Å². The van der Waals surface area contributed by atoms with Crippen LogP contribution >= 0.6 is 0 Å². The van der Waals surface area contributed by atoms with Crippen LogP contribution in [0.1, 0.15) is 29.8 Å². The highest BCUT2D eigenvalue weighted by Crippen LogP contribution is 2.18. The molecule has 126 valence electrons. The summed E-state index contributed by atoms with van der Waals surface area (Å²) in [6.45, 7) is 2.02. The van der Waals surface area contributed by atoms with E-state index in [0.29, 0.717) is 5.69 Å². The van der Waals surface area contributed by atoms with E-state index in [4.69, 9.17) is 0 Å². The summed E-state index contributed by atoms with van der Waals surface area (Å²) in [5.74, 6) is 0.604. The minimum Gasteiger partial charge on any atom is -0.378 e. The topological polar surface area (TPSA) is 61.4 Å². The maximum Gasteiger partial charge on any atom is 0.276 e. The van der Waals surface area contributed by atoms with Crippen LogP contribution in [0, 0.1) is 0 Å². The molecule has 3 rings (SSSR count).